The van der Waals surface area contributed by atoms with Gasteiger partial charge in [0.25, 0.3) is 0 Å². The quantitative estimate of drug-likeness (QED) is 0.360. The fraction of sp³-hybridized carbons (Fsp3) is 0.542. The van der Waals surface area contributed by atoms with Gasteiger partial charge in [0.2, 0.25) is 15.9 Å². The van der Waals surface area contributed by atoms with Gasteiger partial charge in [0, 0.05) is 17.5 Å². The van der Waals surface area contributed by atoms with Crippen LogP contribution in [0.25, 0.3) is 11.3 Å². The molecule has 0 unspecified atom stereocenters. The molecular weight excluding hydrogens is 488 g/mol. The van der Waals surface area contributed by atoms with E-state index in [4.69, 9.17) is 4.74 Å². The van der Waals surface area contributed by atoms with Crippen LogP contribution in [-0.4, -0.2) is 50.9 Å². The minimum Gasteiger partial charge on any atom is -0.449 e. The van der Waals surface area contributed by atoms with Gasteiger partial charge in [0.15, 0.2) is 5.13 Å². The first kappa shape index (κ1) is 27.1. The number of nitrogens with one attached hydrogen (secondary N) is 3. The molecule has 0 saturated heterocycles. The maximum Gasteiger partial charge on any atom is 0.407 e. The van der Waals surface area contributed by atoms with Gasteiger partial charge in [0.05, 0.1) is 18.6 Å². The molecule has 11 heteroatoms. The largest absolute Gasteiger partial charge is 0.449 e. The number of benzene rings is 1. The summed E-state index contributed by atoms with van der Waals surface area (Å²) in [5.41, 5.74) is 1.71. The monoisotopic (exact) mass is 522 g/mol. The number of rotatable bonds is 12. The maximum absolute atomic E-state index is 13.0. The number of carbonyl (C=O) groups is 2. The summed E-state index contributed by atoms with van der Waals surface area (Å²) in [5.74, 6) is -0.0137. The average Bonchev–Trinajstić information content (AvgIpc) is 3.31. The third-order valence-corrected chi connectivity index (χ3v) is 7.36. The zero-order valence-electron chi connectivity index (χ0n) is 20.0. The van der Waals surface area contributed by atoms with Gasteiger partial charge in [-0.3, -0.25) is 4.79 Å². The molecule has 1 aliphatic carbocycles. The number of hydrogen-bond acceptors (Lipinski definition) is 7. The molecule has 0 bridgehead atoms. The molecule has 0 radical (unpaired) electrons. The summed E-state index contributed by atoms with van der Waals surface area (Å²) < 4.78 is 30.3. The van der Waals surface area contributed by atoms with Crippen molar-refractivity contribution in [2.75, 3.05) is 24.7 Å². The van der Waals surface area contributed by atoms with Crippen molar-refractivity contribution in [3.05, 3.63) is 35.7 Å². The summed E-state index contributed by atoms with van der Waals surface area (Å²) in [6.07, 6.45) is 7.54. The molecule has 1 saturated carbocycles. The molecule has 9 nitrogen and oxygen atoms in total. The number of thiazole rings is 1. The van der Waals surface area contributed by atoms with E-state index in [-0.39, 0.29) is 12.5 Å². The Bertz CT molecular complexity index is 1050. The average molecular weight is 523 g/mol. The first-order valence-electron chi connectivity index (χ1n) is 12.0. The van der Waals surface area contributed by atoms with Crippen LogP contribution in [0.15, 0.2) is 35.7 Å². The van der Waals surface area contributed by atoms with Crippen molar-refractivity contribution in [1.82, 2.24) is 15.0 Å². The lowest BCUT2D eigenvalue weighted by Crippen LogP contribution is -2.44. The normalized spacial score (nSPS) is 15.3. The molecule has 0 spiro atoms. The highest BCUT2D eigenvalue weighted by Crippen LogP contribution is 2.25. The molecule has 0 aliphatic heterocycles. The van der Waals surface area contributed by atoms with E-state index < -0.39 is 22.2 Å². The fourth-order valence-corrected chi connectivity index (χ4v) is 5.23. The molecular formula is C24H34N4O5S2. The molecule has 1 aliphatic rings. The molecule has 192 valence electrons. The van der Waals surface area contributed by atoms with E-state index in [1.54, 1.807) is 0 Å². The first-order chi connectivity index (χ1) is 16.8. The van der Waals surface area contributed by atoms with E-state index in [2.05, 4.69) is 20.3 Å². The van der Waals surface area contributed by atoms with Crippen LogP contribution in [0.1, 0.15) is 51.4 Å². The number of hydrogen-bond donors (Lipinski definition) is 3. The summed E-state index contributed by atoms with van der Waals surface area (Å²) in [6, 6.07) is 8.83. The molecule has 3 N–H and O–H groups in total. The second-order valence-electron chi connectivity index (χ2n) is 8.85. The number of amides is 2. The van der Waals surface area contributed by atoms with Crippen LogP contribution in [0.4, 0.5) is 9.93 Å². The number of alkyl carbamates (subject to hydrolysis) is 1. The van der Waals surface area contributed by atoms with Crippen molar-refractivity contribution in [3.63, 3.8) is 0 Å². The van der Waals surface area contributed by atoms with Gasteiger partial charge in [0.1, 0.15) is 6.04 Å². The smallest absolute Gasteiger partial charge is 0.407 e. The van der Waals surface area contributed by atoms with Crippen molar-refractivity contribution in [2.24, 2.45) is 5.92 Å². The van der Waals surface area contributed by atoms with E-state index in [1.807, 2.05) is 35.7 Å². The predicted molar refractivity (Wildman–Crippen MR) is 138 cm³/mol. The second-order valence-corrected chi connectivity index (χ2v) is 11.5. The van der Waals surface area contributed by atoms with E-state index in [9.17, 15) is 18.0 Å². The van der Waals surface area contributed by atoms with Crippen LogP contribution < -0.4 is 15.4 Å². The summed E-state index contributed by atoms with van der Waals surface area (Å²) in [7, 11) is -3.27. The van der Waals surface area contributed by atoms with Crippen molar-refractivity contribution < 1.29 is 22.7 Å². The van der Waals surface area contributed by atoms with Gasteiger partial charge in [-0.25, -0.2) is 22.9 Å². The summed E-state index contributed by atoms with van der Waals surface area (Å²) in [5, 5.41) is 7.79. The molecule has 1 aromatic carbocycles. The standard InChI is InChI=1S/C24H34N4O5S2/c1-35(31,32)25-15-9-8-14-20(27-24(30)33-16-18-10-4-2-5-11-18)22(29)28-23-26-21(17-34-23)19-12-6-3-7-13-19/h3,6-7,12-13,17-18,20,25H,2,4-5,8-11,14-16H2,1H3,(H,27,30)(H,26,28,29)/t20-/m0/s1. The molecule has 1 heterocycles. The highest BCUT2D eigenvalue weighted by molar-refractivity contribution is 7.88. The van der Waals surface area contributed by atoms with E-state index in [0.29, 0.717) is 36.9 Å². The van der Waals surface area contributed by atoms with Crippen molar-refractivity contribution in [3.8, 4) is 11.3 Å². The molecule has 2 aromatic rings. The Balaban J connectivity index is 1.55. The topological polar surface area (TPSA) is 126 Å². The number of unbranched alkanes of at least 4 members (excludes halogenated alkanes) is 1. The number of carbonyl (C=O) groups excluding carboxylic acids is 2. The van der Waals surface area contributed by atoms with E-state index in [1.165, 1.54) is 17.8 Å². The molecule has 1 atom stereocenters. The zero-order valence-corrected chi connectivity index (χ0v) is 21.6. The zero-order chi connectivity index (χ0) is 25.1. The van der Waals surface area contributed by atoms with Crippen molar-refractivity contribution in [1.29, 1.82) is 0 Å². The lowest BCUT2D eigenvalue weighted by atomic mass is 9.90. The number of ether oxygens (including phenoxy) is 1. The minimum absolute atomic E-state index is 0.270. The highest BCUT2D eigenvalue weighted by Gasteiger charge is 2.23. The number of sulfonamides is 1. The Hall–Kier alpha value is -2.50. The molecule has 2 amide bonds. The summed E-state index contributed by atoms with van der Waals surface area (Å²) in [4.78, 5) is 29.9. The molecule has 3 rings (SSSR count). The fourth-order valence-electron chi connectivity index (χ4n) is 4.00. The SMILES string of the molecule is CS(=O)(=O)NCCCC[C@H](NC(=O)OCC1CCCCC1)C(=O)Nc1nc(-c2ccccc2)cs1. The van der Waals surface area contributed by atoms with Crippen LogP contribution in [0.5, 0.6) is 0 Å². The van der Waals surface area contributed by atoms with E-state index in [0.717, 1.165) is 43.2 Å². The van der Waals surface area contributed by atoms with E-state index >= 15 is 0 Å². The van der Waals surface area contributed by atoms with Gasteiger partial charge < -0.3 is 15.4 Å². The maximum atomic E-state index is 13.0. The first-order valence-corrected chi connectivity index (χ1v) is 14.8. The highest BCUT2D eigenvalue weighted by atomic mass is 32.2. The Morgan fingerprint density at radius 3 is 2.60 bits per heavy atom. The van der Waals surface area contributed by atoms with Crippen LogP contribution in [0.3, 0.4) is 0 Å². The minimum atomic E-state index is -3.27. The third-order valence-electron chi connectivity index (χ3n) is 5.87. The van der Waals surface area contributed by atoms with Crippen molar-refractivity contribution in [2.45, 2.75) is 57.4 Å². The summed E-state index contributed by atoms with van der Waals surface area (Å²) in [6.45, 7) is 0.623. The molecule has 1 aromatic heterocycles. The number of aromatic nitrogens is 1. The Labute approximate surface area is 211 Å². The van der Waals surface area contributed by atoms with Gasteiger partial charge in [-0.15, -0.1) is 11.3 Å². The van der Waals surface area contributed by atoms with Gasteiger partial charge >= 0.3 is 6.09 Å². The molecule has 1 fully saturated rings. The Morgan fingerprint density at radius 1 is 1.14 bits per heavy atom. The van der Waals surface area contributed by atoms with Crippen LogP contribution in [-0.2, 0) is 19.6 Å². The summed E-state index contributed by atoms with van der Waals surface area (Å²) >= 11 is 1.31. The lowest BCUT2D eigenvalue weighted by Gasteiger charge is -2.22. The third kappa shape index (κ3) is 9.95. The predicted octanol–water partition coefficient (Wildman–Crippen LogP) is 4.14. The van der Waals surface area contributed by atoms with Crippen LogP contribution in [0, 0.1) is 5.92 Å². The Morgan fingerprint density at radius 2 is 1.89 bits per heavy atom. The van der Waals surface area contributed by atoms with Gasteiger partial charge in [-0.1, -0.05) is 49.6 Å². The number of anilines is 1. The molecule has 35 heavy (non-hydrogen) atoms. The Kier molecular flexibility index (Phi) is 10.5. The van der Waals surface area contributed by atoms with Crippen LogP contribution >= 0.6 is 11.3 Å². The lowest BCUT2D eigenvalue weighted by molar-refractivity contribution is -0.118. The second kappa shape index (κ2) is 13.6. The van der Waals surface area contributed by atoms with Gasteiger partial charge in [-0.2, -0.15) is 0 Å². The van der Waals surface area contributed by atoms with Crippen LogP contribution in [0.2, 0.25) is 0 Å². The van der Waals surface area contributed by atoms with Crippen molar-refractivity contribution >= 4 is 38.5 Å². The number of nitrogens with zero attached hydrogens (tertiary/aromatic N) is 1. The van der Waals surface area contributed by atoms with Gasteiger partial charge in [-0.05, 0) is 38.0 Å².